The van der Waals surface area contributed by atoms with Crippen LogP contribution in [0.25, 0.3) is 0 Å². The summed E-state index contributed by atoms with van der Waals surface area (Å²) in [5.41, 5.74) is 2.55. The van der Waals surface area contributed by atoms with E-state index in [9.17, 15) is 0 Å². The van der Waals surface area contributed by atoms with E-state index in [1.165, 1.54) is 0 Å². The molecule has 0 fully saturated rings. The van der Waals surface area contributed by atoms with Crippen molar-refractivity contribution in [3.05, 3.63) is 53.1 Å². The Morgan fingerprint density at radius 1 is 0.833 bits per heavy atom. The third-order valence-electron chi connectivity index (χ3n) is 3.22. The minimum Gasteiger partial charge on any atom is -0.493 e. The predicted octanol–water partition coefficient (Wildman–Crippen LogP) is 3.86. The molecule has 0 aliphatic heterocycles. The van der Waals surface area contributed by atoms with Gasteiger partial charge in [0.15, 0.2) is 11.5 Å². The van der Waals surface area contributed by atoms with Crippen LogP contribution in [0.4, 0.5) is 0 Å². The van der Waals surface area contributed by atoms with E-state index in [4.69, 9.17) is 14.2 Å². The minimum absolute atomic E-state index is 0.550. The van der Waals surface area contributed by atoms with Gasteiger partial charge in [-0.25, -0.2) is 0 Å². The fourth-order valence-electron chi connectivity index (χ4n) is 2.12. The Morgan fingerprint density at radius 3 is 1.92 bits per heavy atom. The van der Waals surface area contributed by atoms with Gasteiger partial charge >= 0.3 is 0 Å². The molecule has 0 heterocycles. The first kappa shape index (κ1) is 17.8. The van der Waals surface area contributed by atoms with Crippen molar-refractivity contribution >= 4 is 15.9 Å². The fraction of sp³-hybridized carbons (Fsp3) is 0.200. The predicted molar refractivity (Wildman–Crippen MR) is 99.2 cm³/mol. The highest BCUT2D eigenvalue weighted by Gasteiger charge is 2.12. The van der Waals surface area contributed by atoms with Crippen molar-refractivity contribution in [2.24, 2.45) is 0 Å². The molecule has 0 amide bonds. The van der Waals surface area contributed by atoms with Crippen LogP contribution in [0.3, 0.4) is 0 Å². The zero-order valence-electron chi connectivity index (χ0n) is 13.8. The first-order valence-corrected chi connectivity index (χ1v) is 8.31. The van der Waals surface area contributed by atoms with Gasteiger partial charge < -0.3 is 14.2 Å². The van der Waals surface area contributed by atoms with E-state index in [1.54, 1.807) is 21.3 Å². The van der Waals surface area contributed by atoms with Crippen LogP contribution in [-0.4, -0.2) is 26.7 Å². The first-order chi connectivity index (χ1) is 11.7. The number of ether oxygens (including phenoxy) is 3. The summed E-state index contributed by atoms with van der Waals surface area (Å²) < 4.78 is 16.0. The lowest BCUT2D eigenvalue weighted by Crippen LogP contribution is -1.95. The van der Waals surface area contributed by atoms with E-state index in [2.05, 4.69) is 39.6 Å². The van der Waals surface area contributed by atoms with E-state index < -0.39 is 0 Å². The molecule has 2 rings (SSSR count). The number of rotatable bonds is 3. The summed E-state index contributed by atoms with van der Waals surface area (Å²) in [7, 11) is 4.74. The lowest BCUT2D eigenvalue weighted by molar-refractivity contribution is 0.324. The normalized spacial score (nSPS) is 9.17. The summed E-state index contributed by atoms with van der Waals surface area (Å²) in [5.74, 6) is 14.1. The average Bonchev–Trinajstić information content (AvgIpc) is 2.64. The van der Waals surface area contributed by atoms with Gasteiger partial charge in [0.1, 0.15) is 0 Å². The van der Waals surface area contributed by atoms with Gasteiger partial charge in [-0.3, -0.25) is 0 Å². The summed E-state index contributed by atoms with van der Waals surface area (Å²) in [6, 6.07) is 11.4. The molecular formula is C20H17BrO3. The van der Waals surface area contributed by atoms with Crippen molar-refractivity contribution in [1.82, 2.24) is 0 Å². The van der Waals surface area contributed by atoms with Crippen LogP contribution >= 0.6 is 15.9 Å². The van der Waals surface area contributed by atoms with Crippen molar-refractivity contribution in [3.8, 4) is 40.9 Å². The van der Waals surface area contributed by atoms with Crippen LogP contribution in [-0.2, 0) is 0 Å². The molecule has 122 valence electrons. The Kier molecular flexibility index (Phi) is 6.61. The van der Waals surface area contributed by atoms with Crippen molar-refractivity contribution in [2.75, 3.05) is 26.7 Å². The molecule has 2 aromatic carbocycles. The molecule has 0 radical (unpaired) electrons. The van der Waals surface area contributed by atoms with Gasteiger partial charge in [0.05, 0.1) is 26.7 Å². The second-order valence-corrected chi connectivity index (χ2v) is 5.21. The molecule has 0 atom stereocenters. The fourth-order valence-corrected chi connectivity index (χ4v) is 2.26. The van der Waals surface area contributed by atoms with Crippen LogP contribution in [0.2, 0.25) is 0 Å². The molecule has 3 nitrogen and oxygen atoms in total. The highest BCUT2D eigenvalue weighted by atomic mass is 79.9. The summed E-state index contributed by atoms with van der Waals surface area (Å²) in [4.78, 5) is 0. The largest absolute Gasteiger partial charge is 0.493 e. The van der Waals surface area contributed by atoms with Crippen molar-refractivity contribution in [3.63, 3.8) is 0 Å². The number of benzene rings is 2. The van der Waals surface area contributed by atoms with Gasteiger partial charge in [-0.2, -0.15) is 0 Å². The van der Waals surface area contributed by atoms with Gasteiger partial charge in [0.2, 0.25) is 5.75 Å². The van der Waals surface area contributed by atoms with Crippen molar-refractivity contribution in [1.29, 1.82) is 0 Å². The third kappa shape index (κ3) is 4.25. The quantitative estimate of drug-likeness (QED) is 0.593. The maximum absolute atomic E-state index is 5.35. The molecule has 0 spiro atoms. The minimum atomic E-state index is 0.550. The Balaban J connectivity index is 2.45. The van der Waals surface area contributed by atoms with E-state index in [0.717, 1.165) is 16.7 Å². The van der Waals surface area contributed by atoms with Crippen LogP contribution in [0.5, 0.6) is 17.2 Å². The topological polar surface area (TPSA) is 27.7 Å². The van der Waals surface area contributed by atoms with Crippen LogP contribution in [0.1, 0.15) is 16.7 Å². The Bertz CT molecular complexity index is 810. The number of methoxy groups -OCH3 is 3. The molecule has 0 bridgehead atoms. The Hall–Kier alpha value is -2.56. The smallest absolute Gasteiger partial charge is 0.203 e. The van der Waals surface area contributed by atoms with E-state index in [1.807, 2.05) is 36.4 Å². The lowest BCUT2D eigenvalue weighted by atomic mass is 10.1. The maximum atomic E-state index is 5.35. The number of hydrogen-bond acceptors (Lipinski definition) is 3. The molecule has 0 saturated heterocycles. The summed E-state index contributed by atoms with van der Waals surface area (Å²) in [6.45, 7) is 0. The van der Waals surface area contributed by atoms with Crippen LogP contribution in [0, 0.1) is 23.7 Å². The summed E-state index contributed by atoms with van der Waals surface area (Å²) in [5, 5.41) is 0.627. The second-order valence-electron chi connectivity index (χ2n) is 4.65. The monoisotopic (exact) mass is 384 g/mol. The van der Waals surface area contributed by atoms with E-state index >= 15 is 0 Å². The third-order valence-corrected chi connectivity index (χ3v) is 3.50. The van der Waals surface area contributed by atoms with Gasteiger partial charge in [-0.05, 0) is 24.3 Å². The van der Waals surface area contributed by atoms with E-state index in [0.29, 0.717) is 22.6 Å². The molecular weight excluding hydrogens is 368 g/mol. The molecule has 0 saturated carbocycles. The van der Waals surface area contributed by atoms with E-state index in [-0.39, 0.29) is 0 Å². The molecule has 0 aliphatic carbocycles. The lowest BCUT2D eigenvalue weighted by Gasteiger charge is -2.12. The Morgan fingerprint density at radius 2 is 1.42 bits per heavy atom. The summed E-state index contributed by atoms with van der Waals surface area (Å²) >= 11 is 3.30. The molecule has 2 aromatic rings. The van der Waals surface area contributed by atoms with Gasteiger partial charge in [0, 0.05) is 16.7 Å². The first-order valence-electron chi connectivity index (χ1n) is 7.19. The molecule has 4 heteroatoms. The molecule has 0 aliphatic rings. The molecule has 0 aromatic heterocycles. The number of alkyl halides is 1. The van der Waals surface area contributed by atoms with Crippen molar-refractivity contribution in [2.45, 2.75) is 0 Å². The van der Waals surface area contributed by atoms with Gasteiger partial charge in [0.25, 0.3) is 0 Å². The SMILES string of the molecule is COc1cc(C#Cc2ccccc2C#CCBr)cc(OC)c1OC. The zero-order chi connectivity index (χ0) is 17.4. The van der Waals surface area contributed by atoms with Crippen LogP contribution in [0.15, 0.2) is 36.4 Å². The molecule has 24 heavy (non-hydrogen) atoms. The van der Waals surface area contributed by atoms with Crippen LogP contribution < -0.4 is 14.2 Å². The maximum Gasteiger partial charge on any atom is 0.203 e. The Labute approximate surface area is 151 Å². The zero-order valence-corrected chi connectivity index (χ0v) is 15.4. The van der Waals surface area contributed by atoms with Crippen molar-refractivity contribution < 1.29 is 14.2 Å². The number of hydrogen-bond donors (Lipinski definition) is 0. The highest BCUT2D eigenvalue weighted by Crippen LogP contribution is 2.37. The molecule has 0 unspecified atom stereocenters. The average molecular weight is 385 g/mol. The summed E-state index contributed by atoms with van der Waals surface area (Å²) in [6.07, 6.45) is 0. The second kappa shape index (κ2) is 8.91. The molecule has 0 N–H and O–H groups in total. The highest BCUT2D eigenvalue weighted by molar-refractivity contribution is 9.09. The van der Waals surface area contributed by atoms with Gasteiger partial charge in [-0.1, -0.05) is 51.7 Å². The number of halogens is 1. The van der Waals surface area contributed by atoms with Gasteiger partial charge in [-0.15, -0.1) is 0 Å². The standard InChI is InChI=1S/C20H17BrO3/c1-22-18-13-15(14-19(23-2)20(18)24-3)10-11-17-8-5-4-7-16(17)9-6-12-21/h4-5,7-8,13-14H,12H2,1-3H3.